The zero-order valence-electron chi connectivity index (χ0n) is 16.5. The second-order valence-electron chi connectivity index (χ2n) is 8.88. The van der Waals surface area contributed by atoms with Crippen molar-refractivity contribution in [1.82, 2.24) is 29.0 Å². The van der Waals surface area contributed by atoms with Gasteiger partial charge in [0.05, 0.1) is 17.9 Å². The lowest BCUT2D eigenvalue weighted by Crippen LogP contribution is -2.56. The molecule has 142 valence electrons. The molecule has 0 N–H and O–H groups in total. The predicted molar refractivity (Wildman–Crippen MR) is 106 cm³/mol. The number of likely N-dealkylation sites (tertiary alicyclic amines) is 1. The van der Waals surface area contributed by atoms with Crippen LogP contribution in [0.5, 0.6) is 0 Å². The number of fused-ring (bicyclic) bond motifs is 1. The molecule has 27 heavy (non-hydrogen) atoms. The van der Waals surface area contributed by atoms with Crippen LogP contribution in [0.4, 0.5) is 5.82 Å². The van der Waals surface area contributed by atoms with Gasteiger partial charge in [-0.3, -0.25) is 9.58 Å². The second-order valence-corrected chi connectivity index (χ2v) is 8.88. The van der Waals surface area contributed by atoms with Gasteiger partial charge in [-0.05, 0) is 34.1 Å². The summed E-state index contributed by atoms with van der Waals surface area (Å²) in [5.74, 6) is 0.978. The SMILES string of the molecule is C[C@H]1CCN1c1nc(-c2cnn(C3CN(C(C)(C)C)C3)c2)cn2ccnc12. The fourth-order valence-corrected chi connectivity index (χ4v) is 3.92. The Morgan fingerprint density at radius 2 is 1.96 bits per heavy atom. The summed E-state index contributed by atoms with van der Waals surface area (Å²) < 4.78 is 4.17. The van der Waals surface area contributed by atoms with Crippen molar-refractivity contribution in [2.24, 2.45) is 0 Å². The van der Waals surface area contributed by atoms with Gasteiger partial charge in [-0.2, -0.15) is 5.10 Å². The summed E-state index contributed by atoms with van der Waals surface area (Å²) >= 11 is 0. The number of hydrogen-bond acceptors (Lipinski definition) is 5. The molecule has 0 aliphatic carbocycles. The van der Waals surface area contributed by atoms with Gasteiger partial charge in [0, 0.05) is 61.6 Å². The van der Waals surface area contributed by atoms with Gasteiger partial charge in [-0.15, -0.1) is 0 Å². The van der Waals surface area contributed by atoms with Crippen molar-refractivity contribution in [3.05, 3.63) is 31.0 Å². The highest BCUT2D eigenvalue weighted by Crippen LogP contribution is 2.32. The first-order valence-corrected chi connectivity index (χ1v) is 9.80. The third-order valence-corrected chi connectivity index (χ3v) is 6.03. The maximum Gasteiger partial charge on any atom is 0.180 e. The second kappa shape index (κ2) is 5.79. The summed E-state index contributed by atoms with van der Waals surface area (Å²) in [6.45, 7) is 12.2. The van der Waals surface area contributed by atoms with E-state index in [-0.39, 0.29) is 5.54 Å². The van der Waals surface area contributed by atoms with Gasteiger partial charge in [0.1, 0.15) is 0 Å². The Balaban J connectivity index is 1.44. The summed E-state index contributed by atoms with van der Waals surface area (Å²) in [5.41, 5.74) is 3.17. The van der Waals surface area contributed by atoms with Crippen LogP contribution in [0.25, 0.3) is 16.9 Å². The Bertz CT molecular complexity index is 974. The van der Waals surface area contributed by atoms with E-state index in [4.69, 9.17) is 4.98 Å². The molecule has 5 rings (SSSR count). The molecule has 0 aromatic carbocycles. The molecule has 0 spiro atoms. The third-order valence-electron chi connectivity index (χ3n) is 6.03. The Hall–Kier alpha value is -2.41. The van der Waals surface area contributed by atoms with E-state index in [2.05, 4.69) is 69.1 Å². The van der Waals surface area contributed by atoms with Crippen molar-refractivity contribution in [2.45, 2.75) is 51.7 Å². The summed E-state index contributed by atoms with van der Waals surface area (Å²) in [4.78, 5) is 14.3. The van der Waals surface area contributed by atoms with Crippen LogP contribution < -0.4 is 4.90 Å². The molecule has 3 aromatic rings. The normalized spacial score (nSPS) is 21.5. The van der Waals surface area contributed by atoms with Crippen LogP contribution in [0.2, 0.25) is 0 Å². The first-order chi connectivity index (χ1) is 12.9. The molecule has 1 atom stereocenters. The maximum atomic E-state index is 4.97. The number of imidazole rings is 1. The number of nitrogens with zero attached hydrogens (tertiary/aromatic N) is 7. The molecule has 2 aliphatic rings. The van der Waals surface area contributed by atoms with E-state index >= 15 is 0 Å². The lowest BCUT2D eigenvalue weighted by atomic mass is 9.98. The minimum absolute atomic E-state index is 0.226. The Labute approximate surface area is 159 Å². The molecule has 0 radical (unpaired) electrons. The maximum absolute atomic E-state index is 4.97. The molecule has 0 saturated carbocycles. The van der Waals surface area contributed by atoms with E-state index in [9.17, 15) is 0 Å². The van der Waals surface area contributed by atoms with E-state index in [1.54, 1.807) is 0 Å². The van der Waals surface area contributed by atoms with E-state index in [1.807, 2.05) is 18.6 Å². The summed E-state index contributed by atoms with van der Waals surface area (Å²) in [6, 6.07) is 0.971. The van der Waals surface area contributed by atoms with Crippen LogP contribution in [0.15, 0.2) is 31.0 Å². The Kier molecular flexibility index (Phi) is 3.59. The number of hydrogen-bond donors (Lipinski definition) is 0. The largest absolute Gasteiger partial charge is 0.351 e. The fourth-order valence-electron chi connectivity index (χ4n) is 3.92. The van der Waals surface area contributed by atoms with E-state index in [0.29, 0.717) is 12.1 Å². The van der Waals surface area contributed by atoms with Crippen molar-refractivity contribution >= 4 is 11.5 Å². The van der Waals surface area contributed by atoms with Crippen molar-refractivity contribution in [1.29, 1.82) is 0 Å². The zero-order valence-corrected chi connectivity index (χ0v) is 16.5. The summed E-state index contributed by atoms with van der Waals surface area (Å²) in [6.07, 6.45) is 11.2. The van der Waals surface area contributed by atoms with E-state index in [1.165, 1.54) is 6.42 Å². The zero-order chi connectivity index (χ0) is 18.8. The molecule has 0 amide bonds. The Morgan fingerprint density at radius 1 is 1.15 bits per heavy atom. The average Bonchev–Trinajstić information content (AvgIpc) is 3.19. The lowest BCUT2D eigenvalue weighted by molar-refractivity contribution is 0.0155. The highest BCUT2D eigenvalue weighted by atomic mass is 15.4. The van der Waals surface area contributed by atoms with E-state index in [0.717, 1.165) is 42.4 Å². The van der Waals surface area contributed by atoms with Gasteiger partial charge in [-0.25, -0.2) is 9.97 Å². The van der Waals surface area contributed by atoms with Gasteiger partial charge in [0.15, 0.2) is 11.5 Å². The van der Waals surface area contributed by atoms with Crippen molar-refractivity contribution in [3.8, 4) is 11.3 Å². The van der Waals surface area contributed by atoms with Crippen LogP contribution >= 0.6 is 0 Å². The van der Waals surface area contributed by atoms with Gasteiger partial charge < -0.3 is 9.30 Å². The molecule has 3 aromatic heterocycles. The lowest BCUT2D eigenvalue weighted by Gasteiger charge is -2.47. The standard InChI is InChI=1S/C20H27N7/c1-14-5-7-26(14)19-18-21-6-8-24(18)13-17(23-19)15-9-22-27(10-15)16-11-25(12-16)20(2,3)4/h6,8-10,13-14,16H,5,7,11-12H2,1-4H3/t14-/m0/s1. The van der Waals surface area contributed by atoms with Crippen LogP contribution in [0, 0.1) is 0 Å². The van der Waals surface area contributed by atoms with Crippen LogP contribution in [0.1, 0.15) is 40.2 Å². The van der Waals surface area contributed by atoms with E-state index < -0.39 is 0 Å². The molecule has 0 unspecified atom stereocenters. The van der Waals surface area contributed by atoms with Crippen LogP contribution in [0.3, 0.4) is 0 Å². The first-order valence-electron chi connectivity index (χ1n) is 9.80. The molecular formula is C20H27N7. The van der Waals surface area contributed by atoms with Crippen molar-refractivity contribution in [2.75, 3.05) is 24.5 Å². The molecule has 2 fully saturated rings. The number of aromatic nitrogens is 5. The van der Waals surface area contributed by atoms with Crippen LogP contribution in [-0.4, -0.2) is 60.3 Å². The summed E-state index contributed by atoms with van der Waals surface area (Å²) in [5, 5.41) is 4.63. The van der Waals surface area contributed by atoms with Crippen molar-refractivity contribution < 1.29 is 0 Å². The smallest absolute Gasteiger partial charge is 0.180 e. The monoisotopic (exact) mass is 365 g/mol. The van der Waals surface area contributed by atoms with Crippen molar-refractivity contribution in [3.63, 3.8) is 0 Å². The minimum atomic E-state index is 0.226. The molecule has 5 heterocycles. The fraction of sp³-hybridized carbons (Fsp3) is 0.550. The topological polar surface area (TPSA) is 54.5 Å². The predicted octanol–water partition coefficient (Wildman–Crippen LogP) is 2.85. The molecule has 0 bridgehead atoms. The highest BCUT2D eigenvalue weighted by molar-refractivity contribution is 5.70. The van der Waals surface area contributed by atoms with Crippen LogP contribution in [-0.2, 0) is 0 Å². The highest BCUT2D eigenvalue weighted by Gasteiger charge is 2.36. The molecule has 2 aliphatic heterocycles. The Morgan fingerprint density at radius 3 is 2.63 bits per heavy atom. The minimum Gasteiger partial charge on any atom is -0.351 e. The number of anilines is 1. The van der Waals surface area contributed by atoms with Gasteiger partial charge >= 0.3 is 0 Å². The first kappa shape index (κ1) is 16.7. The molecule has 7 heteroatoms. The third kappa shape index (κ3) is 2.72. The van der Waals surface area contributed by atoms with Gasteiger partial charge in [-0.1, -0.05) is 0 Å². The van der Waals surface area contributed by atoms with Gasteiger partial charge in [0.2, 0.25) is 0 Å². The molecule has 7 nitrogen and oxygen atoms in total. The molecule has 2 saturated heterocycles. The quantitative estimate of drug-likeness (QED) is 0.714. The summed E-state index contributed by atoms with van der Waals surface area (Å²) in [7, 11) is 0. The average molecular weight is 365 g/mol. The van der Waals surface area contributed by atoms with Gasteiger partial charge in [0.25, 0.3) is 0 Å². The number of rotatable bonds is 3. The molecular weight excluding hydrogens is 338 g/mol.